The van der Waals surface area contributed by atoms with Crippen LogP contribution in [0, 0.1) is 11.8 Å². The first-order valence-electron chi connectivity index (χ1n) is 7.40. The van der Waals surface area contributed by atoms with Crippen molar-refractivity contribution in [2.24, 2.45) is 11.8 Å². The lowest BCUT2D eigenvalue weighted by atomic mass is 9.80. The van der Waals surface area contributed by atoms with Gasteiger partial charge in [0, 0.05) is 12.2 Å². The average Bonchev–Trinajstić information content (AvgIpc) is 2.46. The van der Waals surface area contributed by atoms with Crippen molar-refractivity contribution in [2.45, 2.75) is 32.6 Å². The molecule has 0 heterocycles. The lowest BCUT2D eigenvalue weighted by Gasteiger charge is -2.28. The lowest BCUT2D eigenvalue weighted by molar-refractivity contribution is -0.123. The Morgan fingerprint density at radius 2 is 2.00 bits per heavy atom. The minimum atomic E-state index is -0.0559. The maximum absolute atomic E-state index is 11.8. The van der Waals surface area contributed by atoms with Gasteiger partial charge in [0.1, 0.15) is 5.75 Å². The predicted molar refractivity (Wildman–Crippen MR) is 80.5 cm³/mol. The zero-order chi connectivity index (χ0) is 14.4. The number of carbonyl (C=O) groups is 1. The molecule has 2 rings (SSSR count). The Balaban J connectivity index is 1.68. The van der Waals surface area contributed by atoms with Gasteiger partial charge >= 0.3 is 0 Å². The van der Waals surface area contributed by atoms with Crippen molar-refractivity contribution >= 4 is 11.6 Å². The molecule has 0 spiro atoms. The van der Waals surface area contributed by atoms with Crippen LogP contribution in [-0.2, 0) is 4.79 Å². The number of rotatable bonds is 5. The van der Waals surface area contributed by atoms with Crippen molar-refractivity contribution in [3.05, 3.63) is 24.3 Å². The van der Waals surface area contributed by atoms with Crippen molar-refractivity contribution in [2.75, 3.05) is 18.9 Å². The first-order valence-corrected chi connectivity index (χ1v) is 7.40. The maximum atomic E-state index is 11.8. The summed E-state index contributed by atoms with van der Waals surface area (Å²) in [5, 5.41) is 2.98. The van der Waals surface area contributed by atoms with Crippen LogP contribution >= 0.6 is 0 Å². The van der Waals surface area contributed by atoms with Crippen LogP contribution in [0.4, 0.5) is 5.69 Å². The number of nitrogens with two attached hydrogens (primary N) is 1. The van der Waals surface area contributed by atoms with Crippen LogP contribution in [0.5, 0.6) is 5.75 Å². The number of nitrogen functional groups attached to an aromatic ring is 1. The zero-order valence-corrected chi connectivity index (χ0v) is 12.1. The van der Waals surface area contributed by atoms with E-state index in [0.29, 0.717) is 23.3 Å². The zero-order valence-electron chi connectivity index (χ0n) is 12.1. The fourth-order valence-corrected chi connectivity index (χ4v) is 2.71. The van der Waals surface area contributed by atoms with Crippen molar-refractivity contribution in [1.29, 1.82) is 0 Å². The summed E-state index contributed by atoms with van der Waals surface area (Å²) in [6.07, 6.45) is 5.11. The largest absolute Gasteiger partial charge is 0.484 e. The second-order valence-electron chi connectivity index (χ2n) is 5.68. The van der Waals surface area contributed by atoms with Crippen molar-refractivity contribution in [3.8, 4) is 5.75 Å². The number of ether oxygens (including phenoxy) is 1. The molecule has 1 amide bonds. The molecular formula is C16H24N2O2. The van der Waals surface area contributed by atoms with Crippen molar-refractivity contribution < 1.29 is 9.53 Å². The summed E-state index contributed by atoms with van der Waals surface area (Å²) < 4.78 is 5.42. The van der Waals surface area contributed by atoms with Crippen LogP contribution in [0.15, 0.2) is 24.3 Å². The van der Waals surface area contributed by atoms with E-state index in [2.05, 4.69) is 12.2 Å². The van der Waals surface area contributed by atoms with E-state index in [0.717, 1.165) is 6.54 Å². The van der Waals surface area contributed by atoms with E-state index in [1.807, 2.05) is 0 Å². The van der Waals surface area contributed by atoms with Gasteiger partial charge in [-0.2, -0.15) is 0 Å². The van der Waals surface area contributed by atoms with Crippen molar-refractivity contribution in [3.63, 3.8) is 0 Å². The van der Waals surface area contributed by atoms with Gasteiger partial charge in [0.15, 0.2) is 6.61 Å². The van der Waals surface area contributed by atoms with E-state index in [9.17, 15) is 4.79 Å². The van der Waals surface area contributed by atoms with E-state index in [1.165, 1.54) is 25.7 Å². The minimum absolute atomic E-state index is 0.0559. The molecule has 1 fully saturated rings. The van der Waals surface area contributed by atoms with Gasteiger partial charge in [-0.1, -0.05) is 26.2 Å². The third kappa shape index (κ3) is 4.44. The fourth-order valence-electron chi connectivity index (χ4n) is 2.71. The number of carbonyl (C=O) groups excluding carboxylic acids is 1. The van der Waals surface area contributed by atoms with Crippen LogP contribution in [0.3, 0.4) is 0 Å². The average molecular weight is 276 g/mol. The van der Waals surface area contributed by atoms with Gasteiger partial charge < -0.3 is 15.8 Å². The van der Waals surface area contributed by atoms with Crippen LogP contribution < -0.4 is 15.8 Å². The number of amides is 1. The molecule has 4 nitrogen and oxygen atoms in total. The smallest absolute Gasteiger partial charge is 0.257 e. The Morgan fingerprint density at radius 1 is 1.30 bits per heavy atom. The normalized spacial score (nSPS) is 22.2. The molecule has 2 atom stereocenters. The minimum Gasteiger partial charge on any atom is -0.484 e. The first kappa shape index (κ1) is 14.7. The van der Waals surface area contributed by atoms with Crippen molar-refractivity contribution in [1.82, 2.24) is 5.32 Å². The highest BCUT2D eigenvalue weighted by atomic mass is 16.5. The van der Waals surface area contributed by atoms with Gasteiger partial charge in [-0.3, -0.25) is 4.79 Å². The third-order valence-electron chi connectivity index (χ3n) is 4.10. The maximum Gasteiger partial charge on any atom is 0.257 e. The summed E-state index contributed by atoms with van der Waals surface area (Å²) in [5.41, 5.74) is 6.28. The number of benzene rings is 1. The number of hydrogen-bond acceptors (Lipinski definition) is 3. The van der Waals surface area contributed by atoms with E-state index in [4.69, 9.17) is 10.5 Å². The van der Waals surface area contributed by atoms with E-state index >= 15 is 0 Å². The summed E-state index contributed by atoms with van der Waals surface area (Å²) in [7, 11) is 0. The Bertz CT molecular complexity index is 431. The highest BCUT2D eigenvalue weighted by molar-refractivity contribution is 5.77. The molecule has 3 N–H and O–H groups in total. The fraction of sp³-hybridized carbons (Fsp3) is 0.562. The van der Waals surface area contributed by atoms with Gasteiger partial charge in [-0.15, -0.1) is 0 Å². The highest BCUT2D eigenvalue weighted by Crippen LogP contribution is 2.28. The summed E-state index contributed by atoms with van der Waals surface area (Å²) in [6.45, 7) is 3.11. The van der Waals surface area contributed by atoms with E-state index in [1.54, 1.807) is 24.3 Å². The van der Waals surface area contributed by atoms with Gasteiger partial charge in [0.2, 0.25) is 0 Å². The standard InChI is InChI=1S/C16H24N2O2/c1-12-4-2-3-5-13(12)10-18-16(19)11-20-15-8-6-14(17)7-9-15/h6-9,12-13H,2-5,10-11,17H2,1H3,(H,18,19). The van der Waals surface area contributed by atoms with E-state index in [-0.39, 0.29) is 12.5 Å². The lowest BCUT2D eigenvalue weighted by Crippen LogP contribution is -2.36. The number of nitrogens with one attached hydrogen (secondary N) is 1. The number of hydrogen-bond donors (Lipinski definition) is 2. The quantitative estimate of drug-likeness (QED) is 0.812. The predicted octanol–water partition coefficient (Wildman–Crippen LogP) is 2.59. The second-order valence-corrected chi connectivity index (χ2v) is 5.68. The first-order chi connectivity index (χ1) is 9.65. The monoisotopic (exact) mass is 276 g/mol. The highest BCUT2D eigenvalue weighted by Gasteiger charge is 2.21. The van der Waals surface area contributed by atoms with Crippen LogP contribution in [0.1, 0.15) is 32.6 Å². The van der Waals surface area contributed by atoms with Crippen LogP contribution in [0.2, 0.25) is 0 Å². The Labute approximate surface area is 120 Å². The van der Waals surface area contributed by atoms with Crippen LogP contribution in [-0.4, -0.2) is 19.1 Å². The van der Waals surface area contributed by atoms with Gasteiger partial charge in [-0.25, -0.2) is 0 Å². The molecule has 1 saturated carbocycles. The van der Waals surface area contributed by atoms with Gasteiger partial charge in [0.05, 0.1) is 0 Å². The summed E-state index contributed by atoms with van der Waals surface area (Å²) in [5.74, 6) is 1.94. The molecule has 0 bridgehead atoms. The number of anilines is 1. The van der Waals surface area contributed by atoms with Crippen LogP contribution in [0.25, 0.3) is 0 Å². The molecular weight excluding hydrogens is 252 g/mol. The Kier molecular flexibility index (Phi) is 5.27. The molecule has 0 radical (unpaired) electrons. The molecule has 1 aromatic carbocycles. The molecule has 4 heteroatoms. The molecule has 1 aliphatic carbocycles. The molecule has 0 aromatic heterocycles. The molecule has 1 aromatic rings. The molecule has 0 aliphatic heterocycles. The third-order valence-corrected chi connectivity index (χ3v) is 4.10. The molecule has 0 saturated heterocycles. The Morgan fingerprint density at radius 3 is 2.70 bits per heavy atom. The van der Waals surface area contributed by atoms with Gasteiger partial charge in [0.25, 0.3) is 5.91 Å². The topological polar surface area (TPSA) is 64.3 Å². The van der Waals surface area contributed by atoms with Gasteiger partial charge in [-0.05, 0) is 42.5 Å². The summed E-state index contributed by atoms with van der Waals surface area (Å²) in [4.78, 5) is 11.8. The second kappa shape index (κ2) is 7.17. The molecule has 110 valence electrons. The van der Waals surface area contributed by atoms with E-state index < -0.39 is 0 Å². The summed E-state index contributed by atoms with van der Waals surface area (Å²) in [6, 6.07) is 7.06. The summed E-state index contributed by atoms with van der Waals surface area (Å²) >= 11 is 0. The Hall–Kier alpha value is -1.71. The molecule has 1 aliphatic rings. The molecule has 2 unspecified atom stereocenters. The SMILES string of the molecule is CC1CCCCC1CNC(=O)COc1ccc(N)cc1. The molecule has 20 heavy (non-hydrogen) atoms.